The van der Waals surface area contributed by atoms with Crippen LogP contribution in [-0.4, -0.2) is 20.1 Å². The number of nitrogens with two attached hydrogens (primary N) is 1. The van der Waals surface area contributed by atoms with Crippen LogP contribution in [0.2, 0.25) is 0 Å². The molecule has 6 nitrogen and oxygen atoms in total. The summed E-state index contributed by atoms with van der Waals surface area (Å²) in [5, 5.41) is 3.95. The Bertz CT molecular complexity index is 729. The first kappa shape index (κ1) is 11.7. The highest BCUT2D eigenvalue weighted by molar-refractivity contribution is 5.79. The number of rotatable bonds is 2. The molecule has 0 aliphatic heterocycles. The summed E-state index contributed by atoms with van der Waals surface area (Å²) in [4.78, 5) is 12.8. The maximum Gasteiger partial charge on any atom is 0.246 e. The molecule has 0 aliphatic carbocycles. The normalized spacial score (nSPS) is 11.9. The molecule has 0 spiro atoms. The second kappa shape index (κ2) is 4.10. The molecule has 2 aromatic heterocycles. The zero-order chi connectivity index (χ0) is 13.5. The van der Waals surface area contributed by atoms with Gasteiger partial charge in [0.05, 0.1) is 16.6 Å². The lowest BCUT2D eigenvalue weighted by Crippen LogP contribution is -2.28. The Hall–Kier alpha value is -2.34. The van der Waals surface area contributed by atoms with Gasteiger partial charge in [-0.1, -0.05) is 5.16 Å². The van der Waals surface area contributed by atoms with Crippen LogP contribution >= 0.6 is 0 Å². The Kier molecular flexibility index (Phi) is 2.53. The molecule has 2 heterocycles. The largest absolute Gasteiger partial charge is 0.337 e. The van der Waals surface area contributed by atoms with Crippen LogP contribution in [0.3, 0.4) is 0 Å². The fraction of sp³-hybridized carbons (Fsp3) is 0.231. The van der Waals surface area contributed by atoms with Crippen LogP contribution in [0, 0.1) is 0 Å². The summed E-state index contributed by atoms with van der Waals surface area (Å²) in [6, 6.07) is 5.64. The van der Waals surface area contributed by atoms with E-state index in [1.54, 1.807) is 12.4 Å². The first-order valence-corrected chi connectivity index (χ1v) is 5.88. The third-order valence-corrected chi connectivity index (χ3v) is 2.70. The maximum atomic E-state index is 5.92. The van der Waals surface area contributed by atoms with E-state index < -0.39 is 5.54 Å². The summed E-state index contributed by atoms with van der Waals surface area (Å²) >= 11 is 0. The van der Waals surface area contributed by atoms with Crippen molar-refractivity contribution < 1.29 is 4.52 Å². The van der Waals surface area contributed by atoms with E-state index in [1.165, 1.54) is 0 Å². The minimum atomic E-state index is -0.651. The average Bonchev–Trinajstić information content (AvgIpc) is 2.87. The van der Waals surface area contributed by atoms with Crippen LogP contribution in [0.15, 0.2) is 35.1 Å². The van der Waals surface area contributed by atoms with Gasteiger partial charge < -0.3 is 10.3 Å². The summed E-state index contributed by atoms with van der Waals surface area (Å²) in [5.74, 6) is 0.905. The lowest BCUT2D eigenvalue weighted by atomic mass is 10.1. The predicted octanol–water partition coefficient (Wildman–Crippen LogP) is 1.87. The van der Waals surface area contributed by atoms with Crippen molar-refractivity contribution >= 4 is 11.0 Å². The molecule has 3 rings (SSSR count). The lowest BCUT2D eigenvalue weighted by Gasteiger charge is -2.10. The van der Waals surface area contributed by atoms with Crippen molar-refractivity contribution in [2.45, 2.75) is 19.4 Å². The molecular formula is C13H13N5O. The number of aromatic nitrogens is 4. The number of hydrogen-bond donors (Lipinski definition) is 1. The van der Waals surface area contributed by atoms with Gasteiger partial charge in [-0.15, -0.1) is 0 Å². The van der Waals surface area contributed by atoms with Crippen molar-refractivity contribution in [2.75, 3.05) is 0 Å². The van der Waals surface area contributed by atoms with Gasteiger partial charge in [-0.25, -0.2) is 0 Å². The smallest absolute Gasteiger partial charge is 0.246 e. The molecule has 0 bridgehead atoms. The van der Waals surface area contributed by atoms with Crippen molar-refractivity contribution in [3.63, 3.8) is 0 Å². The van der Waals surface area contributed by atoms with E-state index in [9.17, 15) is 0 Å². The van der Waals surface area contributed by atoms with Crippen LogP contribution in [0.4, 0.5) is 0 Å². The molecule has 0 atom stereocenters. The average molecular weight is 255 g/mol. The molecular weight excluding hydrogens is 242 g/mol. The zero-order valence-electron chi connectivity index (χ0n) is 10.7. The van der Waals surface area contributed by atoms with E-state index in [0.29, 0.717) is 11.7 Å². The van der Waals surface area contributed by atoms with E-state index >= 15 is 0 Å². The molecule has 0 saturated heterocycles. The fourth-order valence-electron chi connectivity index (χ4n) is 1.70. The molecule has 0 aliphatic rings. The van der Waals surface area contributed by atoms with E-state index in [0.717, 1.165) is 16.6 Å². The molecule has 0 amide bonds. The Balaban J connectivity index is 2.07. The van der Waals surface area contributed by atoms with Crippen molar-refractivity contribution in [1.82, 2.24) is 20.1 Å². The van der Waals surface area contributed by atoms with E-state index in [2.05, 4.69) is 20.1 Å². The van der Waals surface area contributed by atoms with Gasteiger partial charge in [-0.2, -0.15) is 4.98 Å². The number of nitrogens with zero attached hydrogens (tertiary/aromatic N) is 4. The number of benzene rings is 1. The predicted molar refractivity (Wildman–Crippen MR) is 70.0 cm³/mol. The number of hydrogen-bond acceptors (Lipinski definition) is 6. The highest BCUT2D eigenvalue weighted by Gasteiger charge is 2.22. The molecule has 6 heteroatoms. The summed E-state index contributed by atoms with van der Waals surface area (Å²) < 4.78 is 5.17. The highest BCUT2D eigenvalue weighted by Crippen LogP contribution is 2.22. The molecule has 0 saturated carbocycles. The van der Waals surface area contributed by atoms with E-state index in [4.69, 9.17) is 10.3 Å². The minimum absolute atomic E-state index is 0.404. The molecule has 0 radical (unpaired) electrons. The topological polar surface area (TPSA) is 90.7 Å². The van der Waals surface area contributed by atoms with Crippen LogP contribution in [0.1, 0.15) is 19.7 Å². The minimum Gasteiger partial charge on any atom is -0.337 e. The second-order valence-electron chi connectivity index (χ2n) is 4.90. The Morgan fingerprint density at radius 2 is 1.84 bits per heavy atom. The van der Waals surface area contributed by atoms with E-state index in [-0.39, 0.29) is 0 Å². The summed E-state index contributed by atoms with van der Waals surface area (Å²) in [5.41, 5.74) is 7.71. The van der Waals surface area contributed by atoms with Crippen LogP contribution in [-0.2, 0) is 5.54 Å². The zero-order valence-corrected chi connectivity index (χ0v) is 10.7. The standard InChI is InChI=1S/C13H13N5O/c1-13(2,14)12-17-11(18-19-12)8-3-4-9-10(7-8)16-6-5-15-9/h3-7H,14H2,1-2H3. The summed E-state index contributed by atoms with van der Waals surface area (Å²) in [6.07, 6.45) is 3.31. The Morgan fingerprint density at radius 1 is 1.11 bits per heavy atom. The molecule has 19 heavy (non-hydrogen) atoms. The van der Waals surface area contributed by atoms with Gasteiger partial charge in [-0.3, -0.25) is 9.97 Å². The van der Waals surface area contributed by atoms with Gasteiger partial charge >= 0.3 is 0 Å². The number of fused-ring (bicyclic) bond motifs is 1. The van der Waals surface area contributed by atoms with Crippen molar-refractivity contribution in [3.05, 3.63) is 36.5 Å². The molecule has 96 valence electrons. The van der Waals surface area contributed by atoms with E-state index in [1.807, 2.05) is 32.0 Å². The third kappa shape index (κ3) is 2.17. The van der Waals surface area contributed by atoms with Crippen molar-refractivity contribution in [3.8, 4) is 11.4 Å². The van der Waals surface area contributed by atoms with Gasteiger partial charge in [0.25, 0.3) is 0 Å². The van der Waals surface area contributed by atoms with Gasteiger partial charge in [0.1, 0.15) is 0 Å². The third-order valence-electron chi connectivity index (χ3n) is 2.70. The molecule has 1 aromatic carbocycles. The van der Waals surface area contributed by atoms with Crippen molar-refractivity contribution in [2.24, 2.45) is 5.73 Å². The molecule has 2 N–H and O–H groups in total. The van der Waals surface area contributed by atoms with Gasteiger partial charge in [-0.05, 0) is 32.0 Å². The first-order chi connectivity index (χ1) is 9.04. The van der Waals surface area contributed by atoms with Crippen LogP contribution in [0.25, 0.3) is 22.4 Å². The van der Waals surface area contributed by atoms with Gasteiger partial charge in [0.15, 0.2) is 0 Å². The quantitative estimate of drug-likeness (QED) is 0.751. The Labute approximate surface area is 109 Å². The highest BCUT2D eigenvalue weighted by atomic mass is 16.5. The Morgan fingerprint density at radius 3 is 2.53 bits per heavy atom. The van der Waals surface area contributed by atoms with Gasteiger partial charge in [0, 0.05) is 18.0 Å². The van der Waals surface area contributed by atoms with Crippen LogP contribution < -0.4 is 5.73 Å². The maximum absolute atomic E-state index is 5.92. The SMILES string of the molecule is CC(C)(N)c1nc(-c2ccc3nccnc3c2)no1. The fourth-order valence-corrected chi connectivity index (χ4v) is 1.70. The molecule has 0 fully saturated rings. The molecule has 3 aromatic rings. The second-order valence-corrected chi connectivity index (χ2v) is 4.90. The van der Waals surface area contributed by atoms with Crippen LogP contribution in [0.5, 0.6) is 0 Å². The first-order valence-electron chi connectivity index (χ1n) is 5.88. The monoisotopic (exact) mass is 255 g/mol. The molecule has 0 unspecified atom stereocenters. The summed E-state index contributed by atoms with van der Waals surface area (Å²) in [7, 11) is 0. The van der Waals surface area contributed by atoms with Crippen molar-refractivity contribution in [1.29, 1.82) is 0 Å². The van der Waals surface area contributed by atoms with Gasteiger partial charge in [0.2, 0.25) is 11.7 Å². The lowest BCUT2D eigenvalue weighted by molar-refractivity contribution is 0.312. The summed E-state index contributed by atoms with van der Waals surface area (Å²) in [6.45, 7) is 3.63.